The lowest BCUT2D eigenvalue weighted by atomic mass is 10.2. The lowest BCUT2D eigenvalue weighted by Gasteiger charge is -2.15. The van der Waals surface area contributed by atoms with E-state index in [1.165, 1.54) is 24.2 Å². The molecule has 1 aromatic carbocycles. The van der Waals surface area contributed by atoms with Gasteiger partial charge in [0.2, 0.25) is 0 Å². The van der Waals surface area contributed by atoms with E-state index >= 15 is 0 Å². The minimum Gasteiger partial charge on any atom is -0.490 e. The first kappa shape index (κ1) is 19.4. The first-order valence-electron chi connectivity index (χ1n) is 8.01. The highest BCUT2D eigenvalue weighted by Crippen LogP contribution is 2.42. The molecular formula is C17H18N3O5PS. The van der Waals surface area contributed by atoms with E-state index in [-0.39, 0.29) is 11.7 Å². The Kier molecular flexibility index (Phi) is 5.57. The Morgan fingerprint density at radius 2 is 2.04 bits per heavy atom. The lowest BCUT2D eigenvalue weighted by Crippen LogP contribution is -2.07. The van der Waals surface area contributed by atoms with Gasteiger partial charge in [-0.05, 0) is 32.1 Å². The monoisotopic (exact) mass is 407 g/mol. The minimum absolute atomic E-state index is 0.110. The van der Waals surface area contributed by atoms with Gasteiger partial charge in [-0.25, -0.2) is 4.98 Å². The molecule has 142 valence electrons. The zero-order chi connectivity index (χ0) is 19.6. The summed E-state index contributed by atoms with van der Waals surface area (Å²) in [5, 5.41) is 0. The fraction of sp³-hybridized carbons (Fsp3) is 0.176. The first-order valence-corrected chi connectivity index (χ1v) is 10.5. The third-order valence-electron chi connectivity index (χ3n) is 3.48. The van der Waals surface area contributed by atoms with Crippen LogP contribution in [-0.4, -0.2) is 30.8 Å². The molecule has 0 saturated heterocycles. The van der Waals surface area contributed by atoms with Crippen molar-refractivity contribution in [1.29, 1.82) is 0 Å². The van der Waals surface area contributed by atoms with Crippen LogP contribution in [-0.2, 0) is 4.57 Å². The van der Waals surface area contributed by atoms with Crippen LogP contribution in [0.4, 0.5) is 0 Å². The van der Waals surface area contributed by atoms with Gasteiger partial charge in [0, 0.05) is 22.5 Å². The molecular weight excluding hydrogens is 389 g/mol. The molecule has 10 heteroatoms. The van der Waals surface area contributed by atoms with Crippen LogP contribution in [0, 0.1) is 0 Å². The zero-order valence-electron chi connectivity index (χ0n) is 14.5. The van der Waals surface area contributed by atoms with Crippen LogP contribution in [0.5, 0.6) is 5.75 Å². The van der Waals surface area contributed by atoms with Crippen molar-refractivity contribution in [2.45, 2.75) is 29.7 Å². The molecule has 3 aromatic rings. The topological polar surface area (TPSA) is 128 Å². The molecule has 0 radical (unpaired) electrons. The molecule has 0 amide bonds. The van der Waals surface area contributed by atoms with Gasteiger partial charge in [0.05, 0.1) is 17.3 Å². The summed E-state index contributed by atoms with van der Waals surface area (Å²) in [6.07, 6.45) is 4.25. The van der Waals surface area contributed by atoms with Crippen LogP contribution in [0.25, 0.3) is 17.1 Å². The summed E-state index contributed by atoms with van der Waals surface area (Å²) in [5.41, 5.74) is 1.15. The summed E-state index contributed by atoms with van der Waals surface area (Å²) in [4.78, 5) is 41.3. The summed E-state index contributed by atoms with van der Waals surface area (Å²) in [6.45, 7) is 3.73. The Morgan fingerprint density at radius 1 is 1.26 bits per heavy atom. The van der Waals surface area contributed by atoms with Gasteiger partial charge in [-0.1, -0.05) is 17.8 Å². The summed E-state index contributed by atoms with van der Waals surface area (Å²) in [5.74, 6) is 1.35. The molecule has 0 bridgehead atoms. The number of rotatable bonds is 6. The second-order valence-electron chi connectivity index (χ2n) is 5.95. The molecule has 8 nitrogen and oxygen atoms in total. The van der Waals surface area contributed by atoms with Gasteiger partial charge in [0.15, 0.2) is 0 Å². The number of nitrogens with zero attached hydrogens (tertiary/aromatic N) is 1. The normalized spacial score (nSPS) is 12.3. The second kappa shape index (κ2) is 7.74. The summed E-state index contributed by atoms with van der Waals surface area (Å²) < 4.78 is 17.1. The van der Waals surface area contributed by atoms with Gasteiger partial charge in [-0.2, -0.15) is 0 Å². The molecule has 0 spiro atoms. The molecule has 0 aliphatic rings. The number of benzene rings is 1. The number of hydrogen-bond donors (Lipinski definition) is 4. The van der Waals surface area contributed by atoms with Gasteiger partial charge in [-0.3, -0.25) is 9.36 Å². The molecule has 0 saturated carbocycles. The third kappa shape index (κ3) is 4.70. The molecule has 2 aromatic heterocycles. The number of nitrogens with one attached hydrogen (secondary N) is 2. The average molecular weight is 407 g/mol. The molecule has 0 fully saturated rings. The molecule has 27 heavy (non-hydrogen) atoms. The lowest BCUT2D eigenvalue weighted by molar-refractivity contribution is 0.241. The van der Waals surface area contributed by atoms with Crippen molar-refractivity contribution >= 4 is 36.5 Å². The fourth-order valence-corrected chi connectivity index (χ4v) is 3.80. The van der Waals surface area contributed by atoms with E-state index in [4.69, 9.17) is 4.74 Å². The quantitative estimate of drug-likeness (QED) is 0.461. The predicted molar refractivity (Wildman–Crippen MR) is 104 cm³/mol. The van der Waals surface area contributed by atoms with Gasteiger partial charge >= 0.3 is 7.60 Å². The van der Waals surface area contributed by atoms with Crippen molar-refractivity contribution < 1.29 is 19.1 Å². The van der Waals surface area contributed by atoms with Gasteiger partial charge in [0.1, 0.15) is 16.8 Å². The molecule has 0 aliphatic heterocycles. The Morgan fingerprint density at radius 3 is 2.74 bits per heavy atom. The van der Waals surface area contributed by atoms with Crippen LogP contribution >= 0.6 is 19.4 Å². The van der Waals surface area contributed by atoms with Crippen LogP contribution in [0.15, 0.2) is 51.1 Å². The third-order valence-corrected chi connectivity index (χ3v) is 5.12. The Hall–Kier alpha value is -2.32. The Labute approximate surface area is 158 Å². The van der Waals surface area contributed by atoms with E-state index in [1.54, 1.807) is 18.3 Å². The van der Waals surface area contributed by atoms with Crippen molar-refractivity contribution in [1.82, 2.24) is 15.0 Å². The van der Waals surface area contributed by atoms with E-state index < -0.39 is 7.60 Å². The maximum Gasteiger partial charge on any atom is 0.349 e. The number of aromatic amines is 2. The van der Waals surface area contributed by atoms with Crippen LogP contribution in [0.1, 0.15) is 19.4 Å². The van der Waals surface area contributed by atoms with E-state index in [9.17, 15) is 19.1 Å². The van der Waals surface area contributed by atoms with E-state index in [1.807, 2.05) is 19.9 Å². The highest BCUT2D eigenvalue weighted by molar-refractivity contribution is 7.99. The number of H-pyrrole nitrogens is 2. The number of ether oxygens (including phenoxy) is 1. The number of hydrogen-bond acceptors (Lipinski definition) is 5. The summed E-state index contributed by atoms with van der Waals surface area (Å²) in [7, 11) is -4.33. The highest BCUT2D eigenvalue weighted by Gasteiger charge is 2.15. The standard InChI is InChI=1S/C17H18N3O5PS/c1-10(2)25-12-4-3-5-13(11(12)6-7-26(22,23)24)27-14-8-18-16-15(14)19-9-20-17(16)21/h3-10,18H,1-2H3,(H,19,20,21)(H2,22,23,24)/b7-6+. The first-order chi connectivity index (χ1) is 12.7. The molecule has 3 rings (SSSR count). The van der Waals surface area contributed by atoms with Crippen molar-refractivity contribution in [3.63, 3.8) is 0 Å². The molecule has 2 heterocycles. The summed E-state index contributed by atoms with van der Waals surface area (Å²) >= 11 is 1.32. The van der Waals surface area contributed by atoms with Gasteiger partial charge in [-0.15, -0.1) is 0 Å². The van der Waals surface area contributed by atoms with Gasteiger partial charge in [0.25, 0.3) is 5.56 Å². The molecule has 4 N–H and O–H groups in total. The average Bonchev–Trinajstić information content (AvgIpc) is 2.97. The fourth-order valence-electron chi connectivity index (χ4n) is 2.43. The second-order valence-corrected chi connectivity index (χ2v) is 8.51. The van der Waals surface area contributed by atoms with E-state index in [2.05, 4.69) is 15.0 Å². The van der Waals surface area contributed by atoms with Gasteiger partial charge < -0.3 is 24.5 Å². The predicted octanol–water partition coefficient (Wildman–Crippen LogP) is 3.34. The van der Waals surface area contributed by atoms with E-state index in [0.717, 1.165) is 5.82 Å². The maximum atomic E-state index is 11.8. The largest absolute Gasteiger partial charge is 0.490 e. The zero-order valence-corrected chi connectivity index (χ0v) is 16.3. The number of aromatic nitrogens is 3. The minimum atomic E-state index is -4.33. The Bertz CT molecular complexity index is 1100. The smallest absolute Gasteiger partial charge is 0.349 e. The SMILES string of the molecule is CC(C)Oc1cccc(Sc2c[nH]c3c(=O)[nH]cnc23)c1/C=C/P(=O)(O)O. The van der Waals surface area contributed by atoms with Crippen molar-refractivity contribution in [2.24, 2.45) is 0 Å². The maximum absolute atomic E-state index is 11.8. The van der Waals surface area contributed by atoms with Crippen molar-refractivity contribution in [3.05, 3.63) is 52.5 Å². The molecule has 0 atom stereocenters. The molecule has 0 unspecified atom stereocenters. The van der Waals surface area contributed by atoms with Crippen LogP contribution < -0.4 is 10.3 Å². The van der Waals surface area contributed by atoms with E-state index in [0.29, 0.717) is 32.1 Å². The van der Waals surface area contributed by atoms with Crippen molar-refractivity contribution in [2.75, 3.05) is 0 Å². The molecule has 0 aliphatic carbocycles. The summed E-state index contributed by atoms with van der Waals surface area (Å²) in [6, 6.07) is 5.34. The number of fused-ring (bicyclic) bond motifs is 1. The van der Waals surface area contributed by atoms with Crippen molar-refractivity contribution in [3.8, 4) is 5.75 Å². The highest BCUT2D eigenvalue weighted by atomic mass is 32.2. The van der Waals surface area contributed by atoms with Crippen LogP contribution in [0.3, 0.4) is 0 Å². The Balaban J connectivity index is 2.08. The van der Waals surface area contributed by atoms with Crippen LogP contribution in [0.2, 0.25) is 0 Å².